The lowest BCUT2D eigenvalue weighted by atomic mass is 9.82. The van der Waals surface area contributed by atoms with Crippen LogP contribution in [0, 0.1) is 5.92 Å². The number of benzene rings is 1. The van der Waals surface area contributed by atoms with Crippen molar-refractivity contribution in [2.45, 2.75) is 43.9 Å². The van der Waals surface area contributed by atoms with Crippen molar-refractivity contribution < 1.29 is 0 Å². The SMILES string of the molecule is Brc1ccc(C2(C3CCCC3)CC2)cc1. The van der Waals surface area contributed by atoms with E-state index in [-0.39, 0.29) is 0 Å². The van der Waals surface area contributed by atoms with Gasteiger partial charge in [0.15, 0.2) is 0 Å². The summed E-state index contributed by atoms with van der Waals surface area (Å²) >= 11 is 3.52. The zero-order chi connectivity index (χ0) is 10.3. The Hall–Kier alpha value is -0.300. The maximum Gasteiger partial charge on any atom is 0.0175 e. The highest BCUT2D eigenvalue weighted by molar-refractivity contribution is 9.10. The molecule has 0 saturated heterocycles. The molecule has 0 heterocycles. The van der Waals surface area contributed by atoms with Crippen LogP contribution >= 0.6 is 15.9 Å². The van der Waals surface area contributed by atoms with E-state index < -0.39 is 0 Å². The van der Waals surface area contributed by atoms with E-state index >= 15 is 0 Å². The van der Waals surface area contributed by atoms with Gasteiger partial charge in [-0.25, -0.2) is 0 Å². The summed E-state index contributed by atoms with van der Waals surface area (Å²) in [7, 11) is 0. The average Bonchev–Trinajstić information content (AvgIpc) is 2.88. The molecular formula is C14H17Br. The van der Waals surface area contributed by atoms with Gasteiger partial charge in [-0.2, -0.15) is 0 Å². The Balaban J connectivity index is 1.89. The predicted molar refractivity (Wildman–Crippen MR) is 67.0 cm³/mol. The van der Waals surface area contributed by atoms with Crippen LogP contribution in [-0.2, 0) is 5.41 Å². The van der Waals surface area contributed by atoms with E-state index in [0.717, 1.165) is 5.92 Å². The van der Waals surface area contributed by atoms with Crippen LogP contribution in [0.25, 0.3) is 0 Å². The van der Waals surface area contributed by atoms with Gasteiger partial charge in [-0.15, -0.1) is 0 Å². The molecule has 0 atom stereocenters. The molecule has 80 valence electrons. The summed E-state index contributed by atoms with van der Waals surface area (Å²) in [5.74, 6) is 0.985. The Labute approximate surface area is 100 Å². The standard InChI is InChI=1S/C14H17Br/c15-13-7-5-12(6-8-13)14(9-10-14)11-3-1-2-4-11/h5-8,11H,1-4,9-10H2. The molecule has 2 aliphatic carbocycles. The van der Waals surface area contributed by atoms with Crippen molar-refractivity contribution in [1.82, 2.24) is 0 Å². The third-order valence-corrected chi connectivity index (χ3v) is 4.87. The normalized spacial score (nSPS) is 24.3. The number of hydrogen-bond donors (Lipinski definition) is 0. The molecule has 0 bridgehead atoms. The summed E-state index contributed by atoms with van der Waals surface area (Å²) in [5.41, 5.74) is 2.19. The molecule has 0 amide bonds. The molecule has 1 heteroatoms. The minimum atomic E-state index is 0.594. The highest BCUT2D eigenvalue weighted by atomic mass is 79.9. The molecule has 0 unspecified atom stereocenters. The van der Waals surface area contributed by atoms with Crippen molar-refractivity contribution >= 4 is 15.9 Å². The van der Waals surface area contributed by atoms with Gasteiger partial charge in [-0.3, -0.25) is 0 Å². The molecular weight excluding hydrogens is 248 g/mol. The maximum absolute atomic E-state index is 3.52. The second-order valence-electron chi connectivity index (χ2n) is 5.14. The van der Waals surface area contributed by atoms with Gasteiger partial charge < -0.3 is 0 Å². The molecule has 0 spiro atoms. The number of halogens is 1. The van der Waals surface area contributed by atoms with Crippen molar-refractivity contribution in [3.63, 3.8) is 0 Å². The highest BCUT2D eigenvalue weighted by Gasteiger charge is 2.50. The first kappa shape index (κ1) is 9.89. The Bertz CT molecular complexity index is 342. The van der Waals surface area contributed by atoms with Crippen LogP contribution in [0.4, 0.5) is 0 Å². The van der Waals surface area contributed by atoms with E-state index in [2.05, 4.69) is 40.2 Å². The average molecular weight is 265 g/mol. The zero-order valence-corrected chi connectivity index (χ0v) is 10.6. The summed E-state index contributed by atoms with van der Waals surface area (Å²) in [4.78, 5) is 0. The van der Waals surface area contributed by atoms with Crippen LogP contribution in [0.3, 0.4) is 0 Å². The van der Waals surface area contributed by atoms with Gasteiger partial charge in [0.25, 0.3) is 0 Å². The lowest BCUT2D eigenvalue weighted by Gasteiger charge is -2.23. The molecule has 0 aliphatic heterocycles. The first-order valence-corrected chi connectivity index (χ1v) is 6.87. The van der Waals surface area contributed by atoms with Crippen LogP contribution in [0.15, 0.2) is 28.7 Å². The summed E-state index contributed by atoms with van der Waals surface area (Å²) in [6.07, 6.45) is 8.72. The zero-order valence-electron chi connectivity index (χ0n) is 9.01. The van der Waals surface area contributed by atoms with E-state index in [4.69, 9.17) is 0 Å². The van der Waals surface area contributed by atoms with E-state index in [1.807, 2.05) is 0 Å². The molecule has 2 fully saturated rings. The van der Waals surface area contributed by atoms with Crippen molar-refractivity contribution in [3.8, 4) is 0 Å². The molecule has 0 radical (unpaired) electrons. The number of rotatable bonds is 2. The predicted octanol–water partition coefficient (Wildman–Crippen LogP) is 4.67. The lowest BCUT2D eigenvalue weighted by Crippen LogP contribution is -2.17. The first-order valence-electron chi connectivity index (χ1n) is 6.07. The molecule has 2 aliphatic rings. The van der Waals surface area contributed by atoms with Gasteiger partial charge in [0, 0.05) is 4.47 Å². The lowest BCUT2D eigenvalue weighted by molar-refractivity contribution is 0.415. The Morgan fingerprint density at radius 3 is 2.13 bits per heavy atom. The Kier molecular flexibility index (Phi) is 2.39. The van der Waals surface area contributed by atoms with Crippen LogP contribution in [0.1, 0.15) is 44.1 Å². The monoisotopic (exact) mass is 264 g/mol. The summed E-state index contributed by atoms with van der Waals surface area (Å²) in [6.45, 7) is 0. The van der Waals surface area contributed by atoms with Gasteiger partial charge in [0.05, 0.1) is 0 Å². The molecule has 0 aromatic heterocycles. The molecule has 3 rings (SSSR count). The summed E-state index contributed by atoms with van der Waals surface area (Å²) in [5, 5.41) is 0. The molecule has 0 nitrogen and oxygen atoms in total. The van der Waals surface area contributed by atoms with E-state index in [9.17, 15) is 0 Å². The van der Waals surface area contributed by atoms with Crippen molar-refractivity contribution in [3.05, 3.63) is 34.3 Å². The molecule has 1 aromatic rings. The van der Waals surface area contributed by atoms with Gasteiger partial charge in [0.1, 0.15) is 0 Å². The Morgan fingerprint density at radius 2 is 1.60 bits per heavy atom. The highest BCUT2D eigenvalue weighted by Crippen LogP contribution is 2.58. The van der Waals surface area contributed by atoms with E-state index in [1.165, 1.54) is 43.0 Å². The van der Waals surface area contributed by atoms with Crippen molar-refractivity contribution in [2.75, 3.05) is 0 Å². The second-order valence-corrected chi connectivity index (χ2v) is 6.06. The third-order valence-electron chi connectivity index (χ3n) is 4.34. The molecule has 1 aromatic carbocycles. The van der Waals surface area contributed by atoms with Crippen LogP contribution in [0.2, 0.25) is 0 Å². The second kappa shape index (κ2) is 3.62. The van der Waals surface area contributed by atoms with E-state index in [0.29, 0.717) is 5.41 Å². The fourth-order valence-electron chi connectivity index (χ4n) is 3.33. The summed E-state index contributed by atoms with van der Waals surface area (Å²) in [6, 6.07) is 9.06. The molecule has 15 heavy (non-hydrogen) atoms. The largest absolute Gasteiger partial charge is 0.0573 e. The number of hydrogen-bond acceptors (Lipinski definition) is 0. The van der Waals surface area contributed by atoms with Crippen LogP contribution in [-0.4, -0.2) is 0 Å². The topological polar surface area (TPSA) is 0 Å². The van der Waals surface area contributed by atoms with Crippen molar-refractivity contribution in [1.29, 1.82) is 0 Å². The van der Waals surface area contributed by atoms with Gasteiger partial charge in [-0.1, -0.05) is 40.9 Å². The summed E-state index contributed by atoms with van der Waals surface area (Å²) < 4.78 is 1.20. The fourth-order valence-corrected chi connectivity index (χ4v) is 3.59. The minimum Gasteiger partial charge on any atom is -0.0573 e. The first-order chi connectivity index (χ1) is 7.31. The van der Waals surface area contributed by atoms with E-state index in [1.54, 1.807) is 5.56 Å². The third kappa shape index (κ3) is 1.65. The molecule has 2 saturated carbocycles. The van der Waals surface area contributed by atoms with Crippen molar-refractivity contribution in [2.24, 2.45) is 5.92 Å². The van der Waals surface area contributed by atoms with Crippen LogP contribution < -0.4 is 0 Å². The quantitative estimate of drug-likeness (QED) is 0.728. The van der Waals surface area contributed by atoms with Gasteiger partial charge >= 0.3 is 0 Å². The minimum absolute atomic E-state index is 0.594. The van der Waals surface area contributed by atoms with Crippen LogP contribution in [0.5, 0.6) is 0 Å². The fraction of sp³-hybridized carbons (Fsp3) is 0.571. The maximum atomic E-state index is 3.52. The smallest absolute Gasteiger partial charge is 0.0175 e. The van der Waals surface area contributed by atoms with Gasteiger partial charge in [-0.05, 0) is 54.7 Å². The Morgan fingerprint density at radius 1 is 1.00 bits per heavy atom. The van der Waals surface area contributed by atoms with Gasteiger partial charge in [0.2, 0.25) is 0 Å². The molecule has 0 N–H and O–H groups in total.